The van der Waals surface area contributed by atoms with Crippen molar-refractivity contribution in [3.05, 3.63) is 12.7 Å². The van der Waals surface area contributed by atoms with Gasteiger partial charge in [0.25, 0.3) is 0 Å². The van der Waals surface area contributed by atoms with Crippen molar-refractivity contribution in [2.24, 2.45) is 11.8 Å². The summed E-state index contributed by atoms with van der Waals surface area (Å²) in [5, 5.41) is 0. The van der Waals surface area contributed by atoms with E-state index in [1.807, 2.05) is 13.8 Å². The molecule has 1 fully saturated rings. The standard InChI is InChI=1S/C12H21O5P/c1-5-10-6-11(10)18(4,14)17-8-16-12(13)15-7-9(2)3/h5,9-11H,1,6-8H2,2-4H3/t10-,11+,18?/m1/s1. The summed E-state index contributed by atoms with van der Waals surface area (Å²) in [7, 11) is -2.72. The van der Waals surface area contributed by atoms with E-state index in [0.29, 0.717) is 6.61 Å². The first kappa shape index (κ1) is 15.3. The third kappa shape index (κ3) is 4.83. The quantitative estimate of drug-likeness (QED) is 0.309. The smallest absolute Gasteiger partial charge is 0.434 e. The topological polar surface area (TPSA) is 61.8 Å². The maximum absolute atomic E-state index is 12.1. The Bertz CT molecular complexity index is 352. The first-order valence-corrected chi connectivity index (χ1v) is 8.14. The summed E-state index contributed by atoms with van der Waals surface area (Å²) in [5.74, 6) is 0.504. The first-order valence-electron chi connectivity index (χ1n) is 6.00. The second-order valence-electron chi connectivity index (χ2n) is 4.96. The van der Waals surface area contributed by atoms with Crippen molar-refractivity contribution in [2.75, 3.05) is 20.1 Å². The van der Waals surface area contributed by atoms with Crippen molar-refractivity contribution in [1.82, 2.24) is 0 Å². The van der Waals surface area contributed by atoms with Gasteiger partial charge in [0.1, 0.15) is 0 Å². The van der Waals surface area contributed by atoms with Crippen LogP contribution in [0.2, 0.25) is 0 Å². The highest BCUT2D eigenvalue weighted by Gasteiger charge is 2.47. The van der Waals surface area contributed by atoms with Crippen molar-refractivity contribution in [2.45, 2.75) is 25.9 Å². The van der Waals surface area contributed by atoms with E-state index in [9.17, 15) is 9.36 Å². The summed E-state index contributed by atoms with van der Waals surface area (Å²) in [5.41, 5.74) is 0.0188. The molecule has 1 unspecified atom stereocenters. The maximum atomic E-state index is 12.1. The minimum atomic E-state index is -2.72. The minimum Gasteiger partial charge on any atom is -0.434 e. The van der Waals surface area contributed by atoms with Crippen molar-refractivity contribution in [3.8, 4) is 0 Å². The monoisotopic (exact) mass is 276 g/mol. The summed E-state index contributed by atoms with van der Waals surface area (Å²) in [4.78, 5) is 11.1. The van der Waals surface area contributed by atoms with Gasteiger partial charge >= 0.3 is 6.16 Å². The van der Waals surface area contributed by atoms with Crippen molar-refractivity contribution in [3.63, 3.8) is 0 Å². The van der Waals surface area contributed by atoms with Crippen LogP contribution in [0.3, 0.4) is 0 Å². The average molecular weight is 276 g/mol. The van der Waals surface area contributed by atoms with E-state index in [1.54, 1.807) is 12.7 Å². The molecule has 1 saturated carbocycles. The molecule has 0 heterocycles. The zero-order chi connectivity index (χ0) is 13.8. The Morgan fingerprint density at radius 1 is 1.50 bits per heavy atom. The predicted molar refractivity (Wildman–Crippen MR) is 68.8 cm³/mol. The van der Waals surface area contributed by atoms with Crippen LogP contribution in [0.15, 0.2) is 12.7 Å². The van der Waals surface area contributed by atoms with Gasteiger partial charge in [0.2, 0.25) is 14.2 Å². The molecule has 0 amide bonds. The van der Waals surface area contributed by atoms with Crippen molar-refractivity contribution in [1.29, 1.82) is 0 Å². The van der Waals surface area contributed by atoms with Gasteiger partial charge in [-0.15, -0.1) is 6.58 Å². The Hall–Kier alpha value is -0.800. The van der Waals surface area contributed by atoms with Crippen LogP contribution in [0, 0.1) is 11.8 Å². The third-order valence-corrected chi connectivity index (χ3v) is 5.15. The molecule has 0 saturated heterocycles. The van der Waals surface area contributed by atoms with Gasteiger partial charge in [-0.25, -0.2) is 4.79 Å². The highest BCUT2D eigenvalue weighted by atomic mass is 31.2. The SMILES string of the molecule is C=C[C@@H]1C[C@@H]1P(C)(=O)OCOC(=O)OCC(C)C. The Morgan fingerprint density at radius 3 is 2.67 bits per heavy atom. The van der Waals surface area contributed by atoms with Gasteiger partial charge in [-0.3, -0.25) is 9.09 Å². The average Bonchev–Trinajstić information content (AvgIpc) is 3.06. The lowest BCUT2D eigenvalue weighted by molar-refractivity contribution is 0.00155. The van der Waals surface area contributed by atoms with E-state index in [1.165, 1.54) is 0 Å². The van der Waals surface area contributed by atoms with Crippen LogP contribution < -0.4 is 0 Å². The Kier molecular flexibility index (Phi) is 5.42. The van der Waals surface area contributed by atoms with Gasteiger partial charge in [0.05, 0.1) is 6.61 Å². The summed E-state index contributed by atoms with van der Waals surface area (Å²) in [6, 6.07) is 0. The fourth-order valence-corrected chi connectivity index (χ4v) is 3.44. The number of rotatable bonds is 7. The Labute approximate surface area is 108 Å². The van der Waals surface area contributed by atoms with Crippen LogP contribution in [0.25, 0.3) is 0 Å². The molecule has 0 N–H and O–H groups in total. The number of hydrogen-bond acceptors (Lipinski definition) is 5. The minimum absolute atomic E-state index is 0.0188. The molecular formula is C12H21O5P. The van der Waals surface area contributed by atoms with Gasteiger partial charge in [0, 0.05) is 12.3 Å². The molecule has 0 spiro atoms. The summed E-state index contributed by atoms with van der Waals surface area (Å²) in [6.45, 7) is 9.03. The number of allylic oxidation sites excluding steroid dienone is 1. The molecule has 6 heteroatoms. The van der Waals surface area contributed by atoms with Crippen molar-refractivity contribution >= 4 is 13.5 Å². The molecule has 1 aliphatic rings. The Morgan fingerprint density at radius 2 is 2.17 bits per heavy atom. The molecule has 0 aromatic rings. The van der Waals surface area contributed by atoms with Crippen LogP contribution in [-0.4, -0.2) is 31.9 Å². The zero-order valence-electron chi connectivity index (χ0n) is 11.1. The van der Waals surface area contributed by atoms with Crippen LogP contribution in [0.4, 0.5) is 4.79 Å². The van der Waals surface area contributed by atoms with Crippen LogP contribution in [0.1, 0.15) is 20.3 Å². The van der Waals surface area contributed by atoms with E-state index >= 15 is 0 Å². The number of ether oxygens (including phenoxy) is 2. The lowest BCUT2D eigenvalue weighted by atomic mass is 10.2. The lowest BCUT2D eigenvalue weighted by Crippen LogP contribution is -2.13. The van der Waals surface area contributed by atoms with E-state index in [2.05, 4.69) is 6.58 Å². The van der Waals surface area contributed by atoms with Gasteiger partial charge in [-0.1, -0.05) is 19.9 Å². The molecular weight excluding hydrogens is 255 g/mol. The van der Waals surface area contributed by atoms with Gasteiger partial charge < -0.3 is 9.47 Å². The second-order valence-corrected chi connectivity index (χ2v) is 7.70. The van der Waals surface area contributed by atoms with Crippen LogP contribution in [0.5, 0.6) is 0 Å². The third-order valence-electron chi connectivity index (χ3n) is 2.73. The van der Waals surface area contributed by atoms with Crippen LogP contribution in [-0.2, 0) is 18.6 Å². The predicted octanol–water partition coefficient (Wildman–Crippen LogP) is 3.25. The van der Waals surface area contributed by atoms with E-state index in [0.717, 1.165) is 6.42 Å². The lowest BCUT2D eigenvalue weighted by Gasteiger charge is -2.13. The van der Waals surface area contributed by atoms with Gasteiger partial charge in [-0.05, 0) is 18.3 Å². The molecule has 1 rings (SSSR count). The largest absolute Gasteiger partial charge is 0.510 e. The number of carbonyl (C=O) groups is 1. The molecule has 104 valence electrons. The van der Waals surface area contributed by atoms with Crippen LogP contribution >= 0.6 is 7.37 Å². The highest BCUT2D eigenvalue weighted by molar-refractivity contribution is 7.59. The molecule has 5 nitrogen and oxygen atoms in total. The second kappa shape index (κ2) is 6.39. The summed E-state index contributed by atoms with van der Waals surface area (Å²) < 4.78 is 26.7. The van der Waals surface area contributed by atoms with Gasteiger partial charge in [-0.2, -0.15) is 0 Å². The molecule has 0 radical (unpaired) electrons. The molecule has 1 aliphatic carbocycles. The molecule has 0 bridgehead atoms. The molecule has 0 aromatic heterocycles. The van der Waals surface area contributed by atoms with E-state index in [-0.39, 0.29) is 24.3 Å². The number of hydrogen-bond donors (Lipinski definition) is 0. The summed E-state index contributed by atoms with van der Waals surface area (Å²) >= 11 is 0. The Balaban J connectivity index is 2.19. The van der Waals surface area contributed by atoms with E-state index in [4.69, 9.17) is 14.0 Å². The number of carbonyl (C=O) groups excluding carboxylic acids is 1. The van der Waals surface area contributed by atoms with E-state index < -0.39 is 13.5 Å². The fourth-order valence-electron chi connectivity index (χ4n) is 1.54. The molecule has 0 aromatic carbocycles. The summed E-state index contributed by atoms with van der Waals surface area (Å²) in [6.07, 6.45) is 1.82. The maximum Gasteiger partial charge on any atom is 0.510 e. The first-order chi connectivity index (χ1) is 8.36. The zero-order valence-corrected chi connectivity index (χ0v) is 12.0. The molecule has 18 heavy (non-hydrogen) atoms. The van der Waals surface area contributed by atoms with Crippen molar-refractivity contribution < 1.29 is 23.4 Å². The normalized spacial score (nSPS) is 25.3. The molecule has 3 atom stereocenters. The highest BCUT2D eigenvalue weighted by Crippen LogP contribution is 2.62. The van der Waals surface area contributed by atoms with Gasteiger partial charge in [0.15, 0.2) is 0 Å². The molecule has 0 aliphatic heterocycles. The fraction of sp³-hybridized carbons (Fsp3) is 0.750.